The first-order valence-corrected chi connectivity index (χ1v) is 8.97. The van der Waals surface area contributed by atoms with Gasteiger partial charge in [-0.25, -0.2) is 0 Å². The van der Waals surface area contributed by atoms with E-state index in [4.69, 9.17) is 0 Å². The molecule has 0 N–H and O–H groups in total. The number of alkyl halides is 1. The topological polar surface area (TPSA) is 20.3 Å². The van der Waals surface area contributed by atoms with Gasteiger partial charge in [0.25, 0.3) is 5.91 Å². The minimum atomic E-state index is 0.194. The van der Waals surface area contributed by atoms with E-state index in [9.17, 15) is 4.79 Å². The normalized spacial score (nSPS) is 15.7. The van der Waals surface area contributed by atoms with Crippen LogP contribution < -0.4 is 0 Å². The Kier molecular flexibility index (Phi) is 5.69. The number of aryl methyl sites for hydroxylation is 1. The largest absolute Gasteiger partial charge is 0.335 e. The fourth-order valence-corrected chi connectivity index (χ4v) is 3.70. The molecule has 19 heavy (non-hydrogen) atoms. The van der Waals surface area contributed by atoms with E-state index in [0.717, 1.165) is 33.9 Å². The zero-order valence-corrected chi connectivity index (χ0v) is 14.9. The number of carbonyl (C=O) groups excluding carboxylic acids is 1. The Balaban J connectivity index is 2.25. The van der Waals surface area contributed by atoms with Crippen LogP contribution >= 0.6 is 38.5 Å². The fraction of sp³-hybridized carbons (Fsp3) is 0.533. The molecule has 0 aromatic heterocycles. The molecule has 104 valence electrons. The minimum Gasteiger partial charge on any atom is -0.335 e. The SMILES string of the molecule is Cc1cccc(C(=O)N(CCBr)C2CCCC2)c1I. The molecule has 1 saturated carbocycles. The van der Waals surface area contributed by atoms with Gasteiger partial charge >= 0.3 is 0 Å². The Labute approximate surface area is 137 Å². The van der Waals surface area contributed by atoms with Crippen molar-refractivity contribution < 1.29 is 4.79 Å². The lowest BCUT2D eigenvalue weighted by molar-refractivity contribution is 0.0695. The quantitative estimate of drug-likeness (QED) is 0.507. The molecule has 1 aliphatic rings. The van der Waals surface area contributed by atoms with Gasteiger partial charge < -0.3 is 4.90 Å². The Morgan fingerprint density at radius 2 is 2.11 bits per heavy atom. The van der Waals surface area contributed by atoms with E-state index >= 15 is 0 Å². The molecule has 1 aliphatic carbocycles. The Bertz CT molecular complexity index is 457. The maximum absolute atomic E-state index is 12.8. The summed E-state index contributed by atoms with van der Waals surface area (Å²) in [4.78, 5) is 14.9. The number of benzene rings is 1. The van der Waals surface area contributed by atoms with E-state index in [1.165, 1.54) is 18.4 Å². The van der Waals surface area contributed by atoms with E-state index in [1.54, 1.807) is 0 Å². The fourth-order valence-electron chi connectivity index (χ4n) is 2.72. The third-order valence-corrected chi connectivity index (χ3v) is 5.56. The summed E-state index contributed by atoms with van der Waals surface area (Å²) in [6.07, 6.45) is 4.81. The Hall–Kier alpha value is -0.100. The molecule has 0 saturated heterocycles. The average Bonchev–Trinajstić information content (AvgIpc) is 2.92. The van der Waals surface area contributed by atoms with Gasteiger partial charge in [0.2, 0.25) is 0 Å². The van der Waals surface area contributed by atoms with Crippen LogP contribution in [0, 0.1) is 10.5 Å². The summed E-state index contributed by atoms with van der Waals surface area (Å²) in [6.45, 7) is 2.86. The smallest absolute Gasteiger partial charge is 0.255 e. The molecule has 0 heterocycles. The first kappa shape index (κ1) is 15.3. The highest BCUT2D eigenvalue weighted by molar-refractivity contribution is 14.1. The van der Waals surface area contributed by atoms with Crippen molar-refractivity contribution in [1.82, 2.24) is 4.90 Å². The molecule has 1 aromatic rings. The summed E-state index contributed by atoms with van der Waals surface area (Å²) in [5.74, 6) is 0.194. The summed E-state index contributed by atoms with van der Waals surface area (Å²) in [5, 5.41) is 0.845. The standard InChI is InChI=1S/C15H19BrINO/c1-11-5-4-8-13(14(11)17)15(19)18(10-9-16)12-6-2-3-7-12/h4-5,8,12H,2-3,6-7,9-10H2,1H3. The van der Waals surface area contributed by atoms with Crippen LogP contribution in [0.3, 0.4) is 0 Å². The van der Waals surface area contributed by atoms with Crippen LogP contribution in [-0.2, 0) is 0 Å². The van der Waals surface area contributed by atoms with Crippen LogP contribution in [0.25, 0.3) is 0 Å². The van der Waals surface area contributed by atoms with Crippen molar-refractivity contribution in [3.8, 4) is 0 Å². The van der Waals surface area contributed by atoms with Crippen LogP contribution in [0.4, 0.5) is 0 Å². The van der Waals surface area contributed by atoms with Crippen molar-refractivity contribution in [1.29, 1.82) is 0 Å². The second kappa shape index (κ2) is 7.07. The third kappa shape index (κ3) is 3.51. The highest BCUT2D eigenvalue weighted by Gasteiger charge is 2.27. The summed E-state index contributed by atoms with van der Waals surface area (Å²) >= 11 is 5.76. The maximum atomic E-state index is 12.8. The first-order chi connectivity index (χ1) is 9.15. The predicted molar refractivity (Wildman–Crippen MR) is 91.0 cm³/mol. The summed E-state index contributed by atoms with van der Waals surface area (Å²) < 4.78 is 1.09. The minimum absolute atomic E-state index is 0.194. The molecule has 0 spiro atoms. The molecule has 1 fully saturated rings. The molecule has 0 bridgehead atoms. The van der Waals surface area contributed by atoms with Gasteiger partial charge in [0.05, 0.1) is 5.56 Å². The van der Waals surface area contributed by atoms with E-state index < -0.39 is 0 Å². The molecule has 1 aromatic carbocycles. The number of halogens is 2. The van der Waals surface area contributed by atoms with Gasteiger partial charge in [-0.1, -0.05) is 40.9 Å². The molecule has 2 rings (SSSR count). The highest BCUT2D eigenvalue weighted by atomic mass is 127. The van der Waals surface area contributed by atoms with Gasteiger partial charge in [-0.3, -0.25) is 4.79 Å². The number of rotatable bonds is 4. The van der Waals surface area contributed by atoms with Crippen molar-refractivity contribution in [3.05, 3.63) is 32.9 Å². The van der Waals surface area contributed by atoms with Crippen LogP contribution in [0.15, 0.2) is 18.2 Å². The van der Waals surface area contributed by atoms with Crippen LogP contribution in [0.2, 0.25) is 0 Å². The lowest BCUT2D eigenvalue weighted by atomic mass is 10.1. The zero-order chi connectivity index (χ0) is 13.8. The zero-order valence-electron chi connectivity index (χ0n) is 11.2. The van der Waals surface area contributed by atoms with Crippen molar-refractivity contribution in [2.45, 2.75) is 38.6 Å². The molecule has 0 unspecified atom stereocenters. The van der Waals surface area contributed by atoms with Gasteiger partial charge in [-0.15, -0.1) is 0 Å². The monoisotopic (exact) mass is 435 g/mol. The lowest BCUT2D eigenvalue weighted by Crippen LogP contribution is -2.40. The molecule has 0 aliphatic heterocycles. The molecule has 1 amide bonds. The average molecular weight is 436 g/mol. The second-order valence-electron chi connectivity index (χ2n) is 5.06. The Morgan fingerprint density at radius 1 is 1.42 bits per heavy atom. The Morgan fingerprint density at radius 3 is 2.74 bits per heavy atom. The molecular formula is C15H19BrINO. The van der Waals surface area contributed by atoms with Crippen LogP contribution in [0.1, 0.15) is 41.6 Å². The molecule has 2 nitrogen and oxygen atoms in total. The molecule has 0 radical (unpaired) electrons. The maximum Gasteiger partial charge on any atom is 0.255 e. The number of hydrogen-bond acceptors (Lipinski definition) is 1. The summed E-state index contributed by atoms with van der Waals surface area (Å²) in [7, 11) is 0. The van der Waals surface area contributed by atoms with Crippen molar-refractivity contribution in [2.75, 3.05) is 11.9 Å². The predicted octanol–water partition coefficient (Wildman–Crippen LogP) is 4.38. The van der Waals surface area contributed by atoms with Crippen LogP contribution in [-0.4, -0.2) is 28.7 Å². The first-order valence-electron chi connectivity index (χ1n) is 6.77. The number of hydrogen-bond donors (Lipinski definition) is 0. The van der Waals surface area contributed by atoms with E-state index in [1.807, 2.05) is 12.1 Å². The molecular weight excluding hydrogens is 417 g/mol. The van der Waals surface area contributed by atoms with Crippen molar-refractivity contribution >= 4 is 44.4 Å². The number of carbonyl (C=O) groups is 1. The van der Waals surface area contributed by atoms with Gasteiger partial charge in [-0.2, -0.15) is 0 Å². The third-order valence-electron chi connectivity index (χ3n) is 3.77. The van der Waals surface area contributed by atoms with E-state index in [2.05, 4.69) is 56.4 Å². The van der Waals surface area contributed by atoms with Gasteiger partial charge in [0, 0.05) is 21.5 Å². The highest BCUT2D eigenvalue weighted by Crippen LogP contribution is 2.26. The van der Waals surface area contributed by atoms with Gasteiger partial charge in [0.1, 0.15) is 0 Å². The lowest BCUT2D eigenvalue weighted by Gasteiger charge is -2.29. The summed E-state index contributed by atoms with van der Waals surface area (Å²) in [6, 6.07) is 6.42. The number of amides is 1. The van der Waals surface area contributed by atoms with Crippen LogP contribution in [0.5, 0.6) is 0 Å². The van der Waals surface area contributed by atoms with Gasteiger partial charge in [0.15, 0.2) is 0 Å². The van der Waals surface area contributed by atoms with E-state index in [-0.39, 0.29) is 5.91 Å². The van der Waals surface area contributed by atoms with Crippen molar-refractivity contribution in [2.24, 2.45) is 0 Å². The van der Waals surface area contributed by atoms with E-state index in [0.29, 0.717) is 6.04 Å². The molecule has 0 atom stereocenters. The second-order valence-corrected chi connectivity index (χ2v) is 6.93. The van der Waals surface area contributed by atoms with Gasteiger partial charge in [-0.05, 0) is 54.0 Å². The molecule has 4 heteroatoms. The number of nitrogens with zero attached hydrogens (tertiary/aromatic N) is 1. The summed E-state index contributed by atoms with van der Waals surface area (Å²) in [5.41, 5.74) is 2.03. The van der Waals surface area contributed by atoms with Crippen molar-refractivity contribution in [3.63, 3.8) is 0 Å².